The number of aryl methyl sites for hydroxylation is 1. The summed E-state index contributed by atoms with van der Waals surface area (Å²) in [6.07, 6.45) is 2.65. The topological polar surface area (TPSA) is 93.3 Å². The van der Waals surface area contributed by atoms with Gasteiger partial charge in [0.15, 0.2) is 15.7 Å². The molecule has 0 spiro atoms. The lowest BCUT2D eigenvalue weighted by Gasteiger charge is -2.09. The van der Waals surface area contributed by atoms with Gasteiger partial charge in [-0.15, -0.1) is 0 Å². The maximum Gasteiger partial charge on any atom is 0.244 e. The highest BCUT2D eigenvalue weighted by atomic mass is 32.2. The zero-order valence-corrected chi connectivity index (χ0v) is 14.2. The monoisotopic (exact) mass is 338 g/mol. The molecule has 6 nitrogen and oxygen atoms in total. The Bertz CT molecular complexity index is 723. The van der Waals surface area contributed by atoms with E-state index in [0.29, 0.717) is 17.8 Å². The number of benzene rings is 1. The van der Waals surface area contributed by atoms with Gasteiger partial charge in [0.05, 0.1) is 12.4 Å². The molecule has 1 N–H and O–H groups in total. The average molecular weight is 338 g/mol. The van der Waals surface area contributed by atoms with Crippen molar-refractivity contribution in [1.82, 2.24) is 10.1 Å². The molecule has 0 aliphatic carbocycles. The van der Waals surface area contributed by atoms with Gasteiger partial charge in [0.2, 0.25) is 5.89 Å². The fraction of sp³-hybridized carbons (Fsp3) is 0.500. The van der Waals surface area contributed by atoms with Crippen LogP contribution in [0.25, 0.3) is 0 Å². The number of aromatic nitrogens is 2. The van der Waals surface area contributed by atoms with Crippen molar-refractivity contribution < 1.29 is 18.0 Å². The van der Waals surface area contributed by atoms with Crippen LogP contribution < -0.4 is 0 Å². The molecule has 0 saturated carbocycles. The van der Waals surface area contributed by atoms with Gasteiger partial charge < -0.3 is 9.63 Å². The summed E-state index contributed by atoms with van der Waals surface area (Å²) in [5.41, 5.74) is 1.41. The van der Waals surface area contributed by atoms with E-state index in [0.717, 1.165) is 18.4 Å². The number of sulfone groups is 1. The van der Waals surface area contributed by atoms with Crippen molar-refractivity contribution >= 4 is 9.84 Å². The number of nitrogens with zero attached hydrogens (tertiary/aromatic N) is 2. The lowest BCUT2D eigenvalue weighted by molar-refractivity contribution is 0.282. The predicted octanol–water partition coefficient (Wildman–Crippen LogP) is 2.58. The Hall–Kier alpha value is -1.73. The van der Waals surface area contributed by atoms with Crippen molar-refractivity contribution in [3.05, 3.63) is 47.1 Å². The molecule has 0 bridgehead atoms. The molecule has 2 rings (SSSR count). The van der Waals surface area contributed by atoms with E-state index >= 15 is 0 Å². The van der Waals surface area contributed by atoms with E-state index in [1.54, 1.807) is 31.2 Å². The summed E-state index contributed by atoms with van der Waals surface area (Å²) in [5, 5.41) is 12.0. The Balaban J connectivity index is 2.09. The second-order valence-corrected chi connectivity index (χ2v) is 7.90. The Morgan fingerprint density at radius 1 is 1.22 bits per heavy atom. The van der Waals surface area contributed by atoms with Crippen LogP contribution in [0.4, 0.5) is 0 Å². The van der Waals surface area contributed by atoms with Crippen LogP contribution in [0.3, 0.4) is 0 Å². The number of unbranched alkanes of at least 4 members (excludes halogenated alkanes) is 1. The third-order valence-electron chi connectivity index (χ3n) is 3.70. The minimum absolute atomic E-state index is 0.0635. The van der Waals surface area contributed by atoms with Crippen LogP contribution in [0.1, 0.15) is 54.8 Å². The Morgan fingerprint density at radius 2 is 1.87 bits per heavy atom. The second-order valence-electron chi connectivity index (χ2n) is 5.58. The molecule has 1 aromatic carbocycles. The van der Waals surface area contributed by atoms with Gasteiger partial charge in [0.25, 0.3) is 0 Å². The van der Waals surface area contributed by atoms with Crippen molar-refractivity contribution in [2.75, 3.05) is 0 Å². The molecule has 0 aliphatic rings. The maximum absolute atomic E-state index is 12.5. The van der Waals surface area contributed by atoms with Crippen LogP contribution in [0.5, 0.6) is 0 Å². The van der Waals surface area contributed by atoms with E-state index in [-0.39, 0.29) is 18.3 Å². The van der Waals surface area contributed by atoms with Gasteiger partial charge in [0.1, 0.15) is 5.25 Å². The van der Waals surface area contributed by atoms with E-state index in [2.05, 4.69) is 17.1 Å². The average Bonchev–Trinajstić information content (AvgIpc) is 3.01. The minimum atomic E-state index is -3.45. The first-order valence-corrected chi connectivity index (χ1v) is 9.40. The van der Waals surface area contributed by atoms with E-state index in [4.69, 9.17) is 9.63 Å². The Labute approximate surface area is 136 Å². The summed E-state index contributed by atoms with van der Waals surface area (Å²) in [6, 6.07) is 6.84. The zero-order valence-electron chi connectivity index (χ0n) is 13.4. The molecule has 2 aromatic rings. The van der Waals surface area contributed by atoms with Gasteiger partial charge in [-0.05, 0) is 24.5 Å². The quantitative estimate of drug-likeness (QED) is 0.795. The predicted molar refractivity (Wildman–Crippen MR) is 86.3 cm³/mol. The highest BCUT2D eigenvalue weighted by Crippen LogP contribution is 2.24. The van der Waals surface area contributed by atoms with Crippen molar-refractivity contribution in [2.45, 2.75) is 50.7 Å². The second kappa shape index (κ2) is 7.70. The first-order chi connectivity index (χ1) is 11.0. The SMILES string of the molecule is CCCCc1noc(C(C)S(=O)(=O)Cc2ccc(CO)cc2)n1. The van der Waals surface area contributed by atoms with Gasteiger partial charge in [-0.1, -0.05) is 42.8 Å². The summed E-state index contributed by atoms with van der Waals surface area (Å²) in [4.78, 5) is 4.19. The number of hydrogen-bond donors (Lipinski definition) is 1. The van der Waals surface area contributed by atoms with E-state index in [9.17, 15) is 8.42 Å². The molecule has 1 unspecified atom stereocenters. The van der Waals surface area contributed by atoms with Gasteiger partial charge >= 0.3 is 0 Å². The molecule has 1 heterocycles. The van der Waals surface area contributed by atoms with Crippen molar-refractivity contribution in [1.29, 1.82) is 0 Å². The van der Waals surface area contributed by atoms with E-state index in [1.165, 1.54) is 0 Å². The summed E-state index contributed by atoms with van der Waals surface area (Å²) in [6.45, 7) is 3.57. The normalized spacial score (nSPS) is 13.2. The number of rotatable bonds is 8. The molecular formula is C16H22N2O4S. The van der Waals surface area contributed by atoms with Crippen LogP contribution in [-0.2, 0) is 28.6 Å². The summed E-state index contributed by atoms with van der Waals surface area (Å²) >= 11 is 0. The van der Waals surface area contributed by atoms with E-state index < -0.39 is 15.1 Å². The highest BCUT2D eigenvalue weighted by Gasteiger charge is 2.28. The maximum atomic E-state index is 12.5. The molecule has 1 atom stereocenters. The first kappa shape index (κ1) is 17.6. The van der Waals surface area contributed by atoms with Crippen LogP contribution in [0, 0.1) is 0 Å². The minimum Gasteiger partial charge on any atom is -0.392 e. The molecule has 0 saturated heterocycles. The summed E-state index contributed by atoms with van der Waals surface area (Å²) in [7, 11) is -3.45. The van der Waals surface area contributed by atoms with Crippen molar-refractivity contribution in [3.8, 4) is 0 Å². The molecule has 126 valence electrons. The largest absolute Gasteiger partial charge is 0.392 e. The summed E-state index contributed by atoms with van der Waals surface area (Å²) in [5.74, 6) is 0.589. The Morgan fingerprint density at radius 3 is 2.48 bits per heavy atom. The molecule has 0 fully saturated rings. The van der Waals surface area contributed by atoms with Gasteiger partial charge in [-0.25, -0.2) is 8.42 Å². The van der Waals surface area contributed by atoms with Gasteiger partial charge in [0, 0.05) is 6.42 Å². The van der Waals surface area contributed by atoms with Crippen LogP contribution >= 0.6 is 0 Å². The smallest absolute Gasteiger partial charge is 0.244 e. The molecule has 1 aromatic heterocycles. The fourth-order valence-electron chi connectivity index (χ4n) is 2.12. The molecule has 0 radical (unpaired) electrons. The summed E-state index contributed by atoms with van der Waals surface area (Å²) < 4.78 is 30.1. The number of aliphatic hydroxyl groups is 1. The fourth-order valence-corrected chi connectivity index (χ4v) is 3.43. The standard InChI is InChI=1S/C16H22N2O4S/c1-3-4-5-15-17-16(22-18-15)12(2)23(20,21)11-14-8-6-13(10-19)7-9-14/h6-9,12,19H,3-5,10-11H2,1-2H3. The van der Waals surface area contributed by atoms with Crippen molar-refractivity contribution in [2.24, 2.45) is 0 Å². The molecule has 0 amide bonds. The van der Waals surface area contributed by atoms with Crippen LogP contribution in [-0.4, -0.2) is 23.7 Å². The highest BCUT2D eigenvalue weighted by molar-refractivity contribution is 7.90. The number of hydrogen-bond acceptors (Lipinski definition) is 6. The van der Waals surface area contributed by atoms with Crippen molar-refractivity contribution in [3.63, 3.8) is 0 Å². The van der Waals surface area contributed by atoms with E-state index in [1.807, 2.05) is 0 Å². The third-order valence-corrected chi connectivity index (χ3v) is 5.71. The number of aliphatic hydroxyl groups excluding tert-OH is 1. The molecule has 7 heteroatoms. The first-order valence-electron chi connectivity index (χ1n) is 7.69. The van der Waals surface area contributed by atoms with Gasteiger partial charge in [-0.2, -0.15) is 4.98 Å². The Kier molecular flexibility index (Phi) is 5.90. The van der Waals surface area contributed by atoms with Gasteiger partial charge in [-0.3, -0.25) is 0 Å². The lowest BCUT2D eigenvalue weighted by Crippen LogP contribution is -2.13. The zero-order chi connectivity index (χ0) is 16.9. The van der Waals surface area contributed by atoms with Crippen LogP contribution in [0.2, 0.25) is 0 Å². The lowest BCUT2D eigenvalue weighted by atomic mass is 10.2. The molecule has 0 aliphatic heterocycles. The van der Waals surface area contributed by atoms with Crippen LogP contribution in [0.15, 0.2) is 28.8 Å². The molecule has 23 heavy (non-hydrogen) atoms. The molecular weight excluding hydrogens is 316 g/mol. The third kappa shape index (κ3) is 4.62.